The standard InChI is InChI=1S/C26H37N5O2/c1-21-19-25-30(15-6-16-31(25)28-21)26(33)10-9-24(32)27-13-5-14-29-17-11-23(12-18-29)20-22-7-3-2-4-8-22/h2-4,7-8,19,23H,5-6,9-18,20H2,1H3,(H,27,32). The molecule has 7 nitrogen and oxygen atoms in total. The molecule has 0 bridgehead atoms. The first-order valence-electron chi connectivity index (χ1n) is 12.5. The van der Waals surface area contributed by atoms with E-state index in [1.54, 1.807) is 4.90 Å². The van der Waals surface area contributed by atoms with Crippen LogP contribution in [0.5, 0.6) is 0 Å². The first-order chi connectivity index (χ1) is 16.1. The van der Waals surface area contributed by atoms with Crippen LogP contribution in [0.4, 0.5) is 5.82 Å². The first kappa shape index (κ1) is 23.5. The summed E-state index contributed by atoms with van der Waals surface area (Å²) >= 11 is 0. The number of likely N-dealkylation sites (tertiary alicyclic amines) is 1. The quantitative estimate of drug-likeness (QED) is 0.595. The predicted molar refractivity (Wildman–Crippen MR) is 130 cm³/mol. The summed E-state index contributed by atoms with van der Waals surface area (Å²) in [5, 5.41) is 7.42. The molecule has 1 fully saturated rings. The van der Waals surface area contributed by atoms with Crippen molar-refractivity contribution in [3.63, 3.8) is 0 Å². The molecule has 1 aromatic heterocycles. The molecule has 1 N–H and O–H groups in total. The monoisotopic (exact) mass is 451 g/mol. The highest BCUT2D eigenvalue weighted by molar-refractivity contribution is 5.95. The molecule has 1 saturated heterocycles. The Morgan fingerprint density at radius 2 is 1.85 bits per heavy atom. The fourth-order valence-electron chi connectivity index (χ4n) is 5.00. The molecule has 2 amide bonds. The van der Waals surface area contributed by atoms with Crippen LogP contribution in [0, 0.1) is 12.8 Å². The number of aromatic nitrogens is 2. The van der Waals surface area contributed by atoms with Crippen LogP contribution in [0.1, 0.15) is 49.8 Å². The highest BCUT2D eigenvalue weighted by atomic mass is 16.2. The molecular weight excluding hydrogens is 414 g/mol. The molecule has 0 saturated carbocycles. The van der Waals surface area contributed by atoms with Crippen LogP contribution in [0.25, 0.3) is 0 Å². The van der Waals surface area contributed by atoms with E-state index in [9.17, 15) is 9.59 Å². The van der Waals surface area contributed by atoms with Crippen molar-refractivity contribution in [2.24, 2.45) is 5.92 Å². The van der Waals surface area contributed by atoms with E-state index in [0.29, 0.717) is 13.1 Å². The smallest absolute Gasteiger partial charge is 0.228 e. The Labute approximate surface area is 197 Å². The molecule has 0 radical (unpaired) electrons. The molecule has 4 rings (SSSR count). The van der Waals surface area contributed by atoms with Gasteiger partial charge in [0.2, 0.25) is 11.8 Å². The van der Waals surface area contributed by atoms with Gasteiger partial charge in [-0.05, 0) is 70.1 Å². The topological polar surface area (TPSA) is 70.5 Å². The first-order valence-corrected chi connectivity index (χ1v) is 12.5. The predicted octanol–water partition coefficient (Wildman–Crippen LogP) is 3.17. The highest BCUT2D eigenvalue weighted by Gasteiger charge is 2.24. The second-order valence-electron chi connectivity index (χ2n) is 9.44. The van der Waals surface area contributed by atoms with Gasteiger partial charge >= 0.3 is 0 Å². The second kappa shape index (κ2) is 11.5. The summed E-state index contributed by atoms with van der Waals surface area (Å²) in [4.78, 5) is 29.2. The number of rotatable bonds is 9. The lowest BCUT2D eigenvalue weighted by molar-refractivity contribution is -0.125. The van der Waals surface area contributed by atoms with Crippen LogP contribution in [0.15, 0.2) is 36.4 Å². The largest absolute Gasteiger partial charge is 0.356 e. The number of anilines is 1. The number of fused-ring (bicyclic) bond motifs is 1. The molecule has 2 aromatic rings. The molecule has 0 atom stereocenters. The van der Waals surface area contributed by atoms with Crippen molar-refractivity contribution >= 4 is 17.6 Å². The number of aryl methyl sites for hydroxylation is 2. The molecule has 7 heteroatoms. The van der Waals surface area contributed by atoms with Gasteiger partial charge in [-0.15, -0.1) is 0 Å². The number of piperidine rings is 1. The third kappa shape index (κ3) is 6.67. The van der Waals surface area contributed by atoms with Crippen molar-refractivity contribution < 1.29 is 9.59 Å². The van der Waals surface area contributed by atoms with Crippen molar-refractivity contribution in [1.29, 1.82) is 0 Å². The van der Waals surface area contributed by atoms with Crippen LogP contribution < -0.4 is 10.2 Å². The van der Waals surface area contributed by atoms with Crippen molar-refractivity contribution in [3.05, 3.63) is 47.7 Å². The lowest BCUT2D eigenvalue weighted by Crippen LogP contribution is -2.38. The Morgan fingerprint density at radius 3 is 2.64 bits per heavy atom. The summed E-state index contributed by atoms with van der Waals surface area (Å²) in [5.74, 6) is 1.61. The molecule has 0 unspecified atom stereocenters. The maximum absolute atomic E-state index is 12.7. The number of nitrogens with zero attached hydrogens (tertiary/aromatic N) is 4. The Morgan fingerprint density at radius 1 is 1.06 bits per heavy atom. The number of hydrogen-bond donors (Lipinski definition) is 1. The van der Waals surface area contributed by atoms with Gasteiger partial charge in [-0.2, -0.15) is 5.10 Å². The lowest BCUT2D eigenvalue weighted by Gasteiger charge is -2.32. The van der Waals surface area contributed by atoms with Crippen molar-refractivity contribution in [2.45, 2.75) is 58.4 Å². The van der Waals surface area contributed by atoms with Gasteiger partial charge in [-0.25, -0.2) is 4.68 Å². The fourth-order valence-corrected chi connectivity index (χ4v) is 5.00. The third-order valence-electron chi connectivity index (χ3n) is 6.82. The summed E-state index contributed by atoms with van der Waals surface area (Å²) in [5.41, 5.74) is 2.36. The Balaban J connectivity index is 1.08. The van der Waals surface area contributed by atoms with E-state index in [0.717, 1.165) is 56.5 Å². The van der Waals surface area contributed by atoms with E-state index in [1.165, 1.54) is 24.8 Å². The maximum atomic E-state index is 12.7. The van der Waals surface area contributed by atoms with E-state index in [1.807, 2.05) is 17.7 Å². The van der Waals surface area contributed by atoms with Gasteiger partial charge in [-0.1, -0.05) is 30.3 Å². The summed E-state index contributed by atoms with van der Waals surface area (Å²) < 4.78 is 1.89. The Bertz CT molecular complexity index is 918. The average Bonchev–Trinajstić information content (AvgIpc) is 3.22. The number of hydrogen-bond acceptors (Lipinski definition) is 4. The van der Waals surface area contributed by atoms with Crippen LogP contribution in [-0.4, -0.2) is 59.2 Å². The Hall–Kier alpha value is -2.67. The zero-order valence-corrected chi connectivity index (χ0v) is 19.8. The summed E-state index contributed by atoms with van der Waals surface area (Å²) in [7, 11) is 0. The SMILES string of the molecule is Cc1cc2n(n1)CCCN2C(=O)CCC(=O)NCCCN1CCC(Cc2ccccc2)CC1. The van der Waals surface area contributed by atoms with Crippen LogP contribution in [0.2, 0.25) is 0 Å². The lowest BCUT2D eigenvalue weighted by atomic mass is 9.90. The van der Waals surface area contributed by atoms with Crippen LogP contribution in [-0.2, 0) is 22.6 Å². The van der Waals surface area contributed by atoms with E-state index in [-0.39, 0.29) is 24.7 Å². The zero-order chi connectivity index (χ0) is 23.0. The summed E-state index contributed by atoms with van der Waals surface area (Å²) in [6, 6.07) is 12.7. The average molecular weight is 452 g/mol. The van der Waals surface area contributed by atoms with Crippen LogP contribution in [0.3, 0.4) is 0 Å². The minimum absolute atomic E-state index is 0.00405. The number of nitrogens with one attached hydrogen (secondary N) is 1. The molecule has 0 spiro atoms. The van der Waals surface area contributed by atoms with E-state index < -0.39 is 0 Å². The van der Waals surface area contributed by atoms with Crippen molar-refractivity contribution in [1.82, 2.24) is 20.0 Å². The molecular formula is C26H37N5O2. The molecule has 178 valence electrons. The van der Waals surface area contributed by atoms with E-state index in [2.05, 4.69) is 45.6 Å². The van der Waals surface area contributed by atoms with Crippen molar-refractivity contribution in [3.8, 4) is 0 Å². The van der Waals surface area contributed by atoms with Gasteiger partial charge in [0.15, 0.2) is 0 Å². The molecule has 1 aromatic carbocycles. The Kier molecular flexibility index (Phi) is 8.15. The molecule has 0 aliphatic carbocycles. The van der Waals surface area contributed by atoms with Gasteiger partial charge in [0.25, 0.3) is 0 Å². The number of carbonyl (C=O) groups is 2. The zero-order valence-electron chi connectivity index (χ0n) is 19.8. The minimum Gasteiger partial charge on any atom is -0.356 e. The van der Waals surface area contributed by atoms with Crippen molar-refractivity contribution in [2.75, 3.05) is 37.6 Å². The summed E-state index contributed by atoms with van der Waals surface area (Å²) in [6.07, 6.45) is 6.01. The third-order valence-corrected chi connectivity index (χ3v) is 6.82. The number of amides is 2. The van der Waals surface area contributed by atoms with Gasteiger partial charge in [0.1, 0.15) is 5.82 Å². The summed E-state index contributed by atoms with van der Waals surface area (Å²) in [6.45, 7) is 7.47. The number of benzene rings is 1. The normalized spacial score (nSPS) is 17.1. The molecule has 3 heterocycles. The van der Waals surface area contributed by atoms with Gasteiger partial charge in [-0.3, -0.25) is 14.5 Å². The van der Waals surface area contributed by atoms with Gasteiger partial charge in [0, 0.05) is 38.5 Å². The number of carbonyl (C=O) groups excluding carboxylic acids is 2. The van der Waals surface area contributed by atoms with Gasteiger partial charge < -0.3 is 10.2 Å². The van der Waals surface area contributed by atoms with Crippen LogP contribution >= 0.6 is 0 Å². The minimum atomic E-state index is -0.0355. The molecule has 2 aliphatic heterocycles. The second-order valence-corrected chi connectivity index (χ2v) is 9.44. The van der Waals surface area contributed by atoms with E-state index in [4.69, 9.17) is 0 Å². The molecule has 2 aliphatic rings. The highest BCUT2D eigenvalue weighted by Crippen LogP contribution is 2.23. The molecule has 33 heavy (non-hydrogen) atoms. The van der Waals surface area contributed by atoms with Gasteiger partial charge in [0.05, 0.1) is 5.69 Å². The fraction of sp³-hybridized carbons (Fsp3) is 0.577. The van der Waals surface area contributed by atoms with E-state index >= 15 is 0 Å². The maximum Gasteiger partial charge on any atom is 0.228 e.